The second kappa shape index (κ2) is 6.69. The second-order valence-electron chi connectivity index (χ2n) is 4.81. The smallest absolute Gasteiger partial charge is 0.250 e. The van der Waals surface area contributed by atoms with Crippen LogP contribution in [0.4, 0.5) is 0 Å². The summed E-state index contributed by atoms with van der Waals surface area (Å²) in [4.78, 5) is 0.0149. The Kier molecular flexibility index (Phi) is 5.26. The largest absolute Gasteiger partial charge is 0.360 e. The normalized spacial score (nSPS) is 12.9. The first-order valence-corrected chi connectivity index (χ1v) is 10.4. The summed E-state index contributed by atoms with van der Waals surface area (Å²) >= 11 is 1.09. The third kappa shape index (κ3) is 3.80. The van der Waals surface area contributed by atoms with Crippen LogP contribution in [0.25, 0.3) is 0 Å². The van der Waals surface area contributed by atoms with E-state index < -0.39 is 20.0 Å². The predicted octanol–water partition coefficient (Wildman–Crippen LogP) is 0.952. The van der Waals surface area contributed by atoms with Crippen molar-refractivity contribution in [2.75, 3.05) is 20.1 Å². The van der Waals surface area contributed by atoms with Crippen LogP contribution in [0.1, 0.15) is 11.5 Å². The number of rotatable bonds is 7. The maximum atomic E-state index is 12.5. The van der Waals surface area contributed by atoms with Gasteiger partial charge < -0.3 is 4.52 Å². The number of hydrogen-bond acceptors (Lipinski definition) is 7. The molecule has 23 heavy (non-hydrogen) atoms. The number of sulfonamides is 2. The van der Waals surface area contributed by atoms with Gasteiger partial charge in [0.25, 0.3) is 0 Å². The lowest BCUT2D eigenvalue weighted by atomic mass is 10.4. The molecule has 0 saturated carbocycles. The highest BCUT2D eigenvalue weighted by Gasteiger charge is 2.28. The molecular weight excluding hydrogens is 362 g/mol. The molecular formula is C12H17N3O5S3. The van der Waals surface area contributed by atoms with Crippen LogP contribution >= 0.6 is 11.3 Å². The number of aryl methyl sites for hydroxylation is 2. The van der Waals surface area contributed by atoms with Crippen LogP contribution in [-0.4, -0.2) is 46.4 Å². The molecule has 0 saturated heterocycles. The van der Waals surface area contributed by atoms with E-state index in [1.165, 1.54) is 27.0 Å². The Morgan fingerprint density at radius 3 is 2.52 bits per heavy atom. The first-order chi connectivity index (χ1) is 10.7. The summed E-state index contributed by atoms with van der Waals surface area (Å²) in [5, 5.41) is 5.28. The molecule has 1 N–H and O–H groups in total. The topological polar surface area (TPSA) is 110 Å². The van der Waals surface area contributed by atoms with Gasteiger partial charge in [0, 0.05) is 20.1 Å². The molecule has 2 aromatic rings. The highest BCUT2D eigenvalue weighted by atomic mass is 32.2. The molecule has 128 valence electrons. The fourth-order valence-corrected chi connectivity index (χ4v) is 5.46. The molecule has 0 amide bonds. The molecule has 2 heterocycles. The Hall–Kier alpha value is -1.27. The van der Waals surface area contributed by atoms with Crippen molar-refractivity contribution in [3.8, 4) is 0 Å². The van der Waals surface area contributed by atoms with E-state index in [0.29, 0.717) is 0 Å². The molecule has 0 fully saturated rings. The fraction of sp³-hybridized carbons (Fsp3) is 0.417. The van der Waals surface area contributed by atoms with Crippen molar-refractivity contribution in [1.29, 1.82) is 0 Å². The molecule has 0 unspecified atom stereocenters. The number of nitrogens with zero attached hydrogens (tertiary/aromatic N) is 2. The molecule has 0 spiro atoms. The summed E-state index contributed by atoms with van der Waals surface area (Å²) in [5.41, 5.74) is 0.272. The summed E-state index contributed by atoms with van der Waals surface area (Å²) in [6.45, 7) is 2.99. The van der Waals surface area contributed by atoms with E-state index in [1.807, 2.05) is 0 Å². The maximum absolute atomic E-state index is 12.5. The molecule has 0 aliphatic carbocycles. The van der Waals surface area contributed by atoms with Gasteiger partial charge in [-0.2, -0.15) is 4.31 Å². The van der Waals surface area contributed by atoms with E-state index in [0.717, 1.165) is 15.6 Å². The van der Waals surface area contributed by atoms with Crippen molar-refractivity contribution in [3.63, 3.8) is 0 Å². The summed E-state index contributed by atoms with van der Waals surface area (Å²) in [6, 6.07) is 3.12. The first-order valence-electron chi connectivity index (χ1n) is 6.58. The molecule has 2 aromatic heterocycles. The van der Waals surface area contributed by atoms with Crippen molar-refractivity contribution in [1.82, 2.24) is 14.2 Å². The Balaban J connectivity index is 2.04. The number of hydrogen-bond donors (Lipinski definition) is 1. The Labute approximate surface area is 139 Å². The third-order valence-corrected chi connectivity index (χ3v) is 8.08. The molecule has 0 aliphatic heterocycles. The van der Waals surface area contributed by atoms with Gasteiger partial charge in [0.05, 0.1) is 0 Å². The van der Waals surface area contributed by atoms with Crippen LogP contribution < -0.4 is 4.72 Å². The summed E-state index contributed by atoms with van der Waals surface area (Å²) in [7, 11) is -6.02. The highest BCUT2D eigenvalue weighted by molar-refractivity contribution is 7.91. The SMILES string of the molecule is Cc1noc(C)c1S(=O)(=O)N(C)CCNS(=O)(=O)c1cccs1. The van der Waals surface area contributed by atoms with Crippen LogP contribution in [-0.2, 0) is 20.0 Å². The van der Waals surface area contributed by atoms with Crippen LogP contribution in [0.5, 0.6) is 0 Å². The van der Waals surface area contributed by atoms with E-state index >= 15 is 0 Å². The Morgan fingerprint density at radius 2 is 2.00 bits per heavy atom. The zero-order valence-corrected chi connectivity index (χ0v) is 15.3. The Morgan fingerprint density at radius 1 is 1.30 bits per heavy atom. The number of nitrogens with one attached hydrogen (secondary N) is 1. The van der Waals surface area contributed by atoms with Crippen LogP contribution in [0.3, 0.4) is 0 Å². The van der Waals surface area contributed by atoms with Crippen LogP contribution in [0, 0.1) is 13.8 Å². The zero-order chi connectivity index (χ0) is 17.3. The maximum Gasteiger partial charge on any atom is 0.250 e. The van der Waals surface area contributed by atoms with Gasteiger partial charge in [-0.15, -0.1) is 11.3 Å². The molecule has 0 atom stereocenters. The fourth-order valence-electron chi connectivity index (χ4n) is 1.94. The molecule has 0 aliphatic rings. The van der Waals surface area contributed by atoms with Crippen molar-refractivity contribution < 1.29 is 21.4 Å². The number of aromatic nitrogens is 1. The zero-order valence-electron chi connectivity index (χ0n) is 12.8. The predicted molar refractivity (Wildman–Crippen MR) is 85.3 cm³/mol. The van der Waals surface area contributed by atoms with Gasteiger partial charge in [0.1, 0.15) is 14.8 Å². The number of likely N-dealkylation sites (N-methyl/N-ethyl adjacent to an activating group) is 1. The van der Waals surface area contributed by atoms with Crippen LogP contribution in [0.15, 0.2) is 31.1 Å². The minimum absolute atomic E-state index is 0.0149. The summed E-state index contributed by atoms with van der Waals surface area (Å²) in [5.74, 6) is 0.202. The number of thiophene rings is 1. The summed E-state index contributed by atoms with van der Waals surface area (Å²) < 4.78 is 57.4. The Bertz CT molecular complexity index is 850. The van der Waals surface area contributed by atoms with E-state index in [1.54, 1.807) is 11.4 Å². The summed E-state index contributed by atoms with van der Waals surface area (Å²) in [6.07, 6.45) is 0. The lowest BCUT2D eigenvalue weighted by Gasteiger charge is -2.17. The molecule has 2 rings (SSSR count). The second-order valence-corrected chi connectivity index (χ2v) is 9.73. The van der Waals surface area contributed by atoms with Crippen molar-refractivity contribution in [2.24, 2.45) is 0 Å². The highest BCUT2D eigenvalue weighted by Crippen LogP contribution is 2.22. The van der Waals surface area contributed by atoms with Gasteiger partial charge in [-0.25, -0.2) is 21.6 Å². The van der Waals surface area contributed by atoms with Gasteiger partial charge in [0.15, 0.2) is 5.76 Å². The molecule has 0 radical (unpaired) electrons. The first kappa shape index (κ1) is 18.1. The lowest BCUT2D eigenvalue weighted by Crippen LogP contribution is -2.36. The van der Waals surface area contributed by atoms with Crippen molar-refractivity contribution in [2.45, 2.75) is 23.0 Å². The van der Waals surface area contributed by atoms with E-state index in [9.17, 15) is 16.8 Å². The molecule has 11 heteroatoms. The quantitative estimate of drug-likeness (QED) is 0.767. The standard InChI is InChI=1S/C12H17N3O5S3/c1-9-12(10(2)20-14-9)23(18,19)15(3)7-6-13-22(16,17)11-5-4-8-21-11/h4-5,8,13H,6-7H2,1-3H3. The van der Waals surface area contributed by atoms with Gasteiger partial charge in [-0.3, -0.25) is 0 Å². The lowest BCUT2D eigenvalue weighted by molar-refractivity contribution is 0.389. The van der Waals surface area contributed by atoms with Gasteiger partial charge in [-0.05, 0) is 25.3 Å². The average molecular weight is 379 g/mol. The average Bonchev–Trinajstić information content (AvgIpc) is 3.09. The van der Waals surface area contributed by atoms with E-state index in [-0.39, 0.29) is 33.6 Å². The monoisotopic (exact) mass is 379 g/mol. The van der Waals surface area contributed by atoms with Gasteiger partial charge in [-0.1, -0.05) is 11.2 Å². The van der Waals surface area contributed by atoms with Crippen LogP contribution in [0.2, 0.25) is 0 Å². The third-order valence-electron chi connectivity index (χ3n) is 3.11. The minimum Gasteiger partial charge on any atom is -0.360 e. The minimum atomic E-state index is -3.78. The molecule has 0 bridgehead atoms. The van der Waals surface area contributed by atoms with Gasteiger partial charge >= 0.3 is 0 Å². The molecule has 0 aromatic carbocycles. The van der Waals surface area contributed by atoms with E-state index in [4.69, 9.17) is 4.52 Å². The van der Waals surface area contributed by atoms with Gasteiger partial charge in [0.2, 0.25) is 20.0 Å². The van der Waals surface area contributed by atoms with Crippen molar-refractivity contribution in [3.05, 3.63) is 29.0 Å². The molecule has 8 nitrogen and oxygen atoms in total. The van der Waals surface area contributed by atoms with E-state index in [2.05, 4.69) is 9.88 Å². The van der Waals surface area contributed by atoms with Crippen molar-refractivity contribution >= 4 is 31.4 Å².